The zero-order valence-electron chi connectivity index (χ0n) is 16.3. The predicted molar refractivity (Wildman–Crippen MR) is 106 cm³/mol. The quantitative estimate of drug-likeness (QED) is 0.794. The van der Waals surface area contributed by atoms with Crippen LogP contribution < -0.4 is 24.4 Å². The highest BCUT2D eigenvalue weighted by atomic mass is 16.5. The molecule has 2 aromatic carbocycles. The molecule has 0 bridgehead atoms. The van der Waals surface area contributed by atoms with Gasteiger partial charge in [0, 0.05) is 13.5 Å². The third kappa shape index (κ3) is 4.19. The molecule has 2 amide bonds. The van der Waals surface area contributed by atoms with Gasteiger partial charge in [-0.25, -0.2) is 0 Å². The van der Waals surface area contributed by atoms with Gasteiger partial charge in [0.15, 0.2) is 23.9 Å². The van der Waals surface area contributed by atoms with Crippen molar-refractivity contribution >= 4 is 23.2 Å². The molecular formula is C21H24N2O5. The maximum absolute atomic E-state index is 12.4. The lowest BCUT2D eigenvalue weighted by Crippen LogP contribution is -2.35. The fourth-order valence-electron chi connectivity index (χ4n) is 3.11. The lowest BCUT2D eigenvalue weighted by Gasteiger charge is -2.27. The van der Waals surface area contributed by atoms with Crippen LogP contribution in [0.1, 0.15) is 18.4 Å². The summed E-state index contributed by atoms with van der Waals surface area (Å²) in [6.07, 6.45) is 1.80. The number of likely N-dealkylation sites (N-methyl/N-ethyl adjacent to an activating group) is 1. The topological polar surface area (TPSA) is 77.1 Å². The van der Waals surface area contributed by atoms with E-state index >= 15 is 0 Å². The number of amides is 2. The smallest absolute Gasteiger partial charge is 0.264 e. The Balaban J connectivity index is 1.58. The van der Waals surface area contributed by atoms with Gasteiger partial charge in [0.05, 0.1) is 25.6 Å². The third-order valence-corrected chi connectivity index (χ3v) is 4.66. The van der Waals surface area contributed by atoms with Crippen LogP contribution in [0.25, 0.3) is 0 Å². The molecule has 7 heteroatoms. The second-order valence-electron chi connectivity index (χ2n) is 6.49. The lowest BCUT2D eigenvalue weighted by atomic mass is 10.1. The molecule has 0 spiro atoms. The molecule has 0 saturated heterocycles. The first kappa shape index (κ1) is 19.5. The summed E-state index contributed by atoms with van der Waals surface area (Å²) in [6, 6.07) is 11.1. The normalized spacial score (nSPS) is 12.8. The number of hydrogen-bond donors (Lipinski definition) is 1. The van der Waals surface area contributed by atoms with E-state index in [1.165, 1.54) is 4.90 Å². The first-order valence-electron chi connectivity index (χ1n) is 9.06. The minimum absolute atomic E-state index is 0.0321. The van der Waals surface area contributed by atoms with Crippen LogP contribution in [0.2, 0.25) is 0 Å². The highest BCUT2D eigenvalue weighted by molar-refractivity contribution is 6.01. The number of ether oxygens (including phenoxy) is 3. The van der Waals surface area contributed by atoms with Gasteiger partial charge in [0.25, 0.3) is 5.91 Å². The van der Waals surface area contributed by atoms with Crippen molar-refractivity contribution in [2.75, 3.05) is 38.1 Å². The fraction of sp³-hybridized carbons (Fsp3) is 0.333. The summed E-state index contributed by atoms with van der Waals surface area (Å²) in [5.41, 5.74) is 2.30. The van der Waals surface area contributed by atoms with Crippen LogP contribution in [-0.4, -0.2) is 39.7 Å². The van der Waals surface area contributed by atoms with Gasteiger partial charge in [-0.2, -0.15) is 0 Å². The minimum atomic E-state index is -0.120. The van der Waals surface area contributed by atoms with E-state index in [1.807, 2.05) is 18.2 Å². The van der Waals surface area contributed by atoms with E-state index in [0.717, 1.165) is 12.0 Å². The van der Waals surface area contributed by atoms with Crippen molar-refractivity contribution in [1.29, 1.82) is 0 Å². The van der Waals surface area contributed by atoms with Gasteiger partial charge in [-0.1, -0.05) is 12.1 Å². The number of rotatable bonds is 7. The number of nitrogens with zero attached hydrogens (tertiary/aromatic N) is 1. The first-order valence-corrected chi connectivity index (χ1v) is 9.06. The molecule has 0 atom stereocenters. The number of aryl methyl sites for hydroxylation is 1. The summed E-state index contributed by atoms with van der Waals surface area (Å²) in [6.45, 7) is -0.0321. The molecule has 0 saturated carbocycles. The summed E-state index contributed by atoms with van der Waals surface area (Å²) < 4.78 is 16.1. The van der Waals surface area contributed by atoms with Gasteiger partial charge in [-0.05, 0) is 42.7 Å². The largest absolute Gasteiger partial charge is 0.493 e. The molecule has 0 fully saturated rings. The standard InChI is InChI=1S/C21H24N2O5/c1-23-16-8-5-7-15(21(16)28-13-20(23)25)22-19(24)9-4-6-14-10-11-17(26-2)18(12-14)27-3/h5,7-8,10-12H,4,6,9,13H2,1-3H3,(H,22,24). The Morgan fingerprint density at radius 2 is 1.96 bits per heavy atom. The van der Waals surface area contributed by atoms with Crippen LogP contribution in [0.3, 0.4) is 0 Å². The average Bonchev–Trinajstić information content (AvgIpc) is 2.71. The molecule has 2 aromatic rings. The number of benzene rings is 2. The van der Waals surface area contributed by atoms with E-state index in [1.54, 1.807) is 39.5 Å². The fourth-order valence-corrected chi connectivity index (χ4v) is 3.11. The molecule has 1 N–H and O–H groups in total. The van der Waals surface area contributed by atoms with Crippen LogP contribution in [0.5, 0.6) is 17.2 Å². The van der Waals surface area contributed by atoms with Crippen LogP contribution in [-0.2, 0) is 16.0 Å². The molecule has 0 radical (unpaired) electrons. The summed E-state index contributed by atoms with van der Waals surface area (Å²) in [7, 11) is 4.89. The van der Waals surface area contributed by atoms with Crippen molar-refractivity contribution in [3.63, 3.8) is 0 Å². The maximum atomic E-state index is 12.4. The molecule has 7 nitrogen and oxygen atoms in total. The maximum Gasteiger partial charge on any atom is 0.264 e. The number of hydrogen-bond acceptors (Lipinski definition) is 5. The zero-order valence-corrected chi connectivity index (χ0v) is 16.3. The van der Waals surface area contributed by atoms with E-state index < -0.39 is 0 Å². The van der Waals surface area contributed by atoms with Gasteiger partial charge < -0.3 is 24.4 Å². The van der Waals surface area contributed by atoms with Crippen molar-refractivity contribution in [3.05, 3.63) is 42.0 Å². The van der Waals surface area contributed by atoms with E-state index in [2.05, 4.69) is 5.32 Å². The Morgan fingerprint density at radius 3 is 2.71 bits per heavy atom. The van der Waals surface area contributed by atoms with E-state index in [0.29, 0.717) is 41.5 Å². The minimum Gasteiger partial charge on any atom is -0.493 e. The van der Waals surface area contributed by atoms with Crippen molar-refractivity contribution in [2.45, 2.75) is 19.3 Å². The van der Waals surface area contributed by atoms with Crippen molar-refractivity contribution < 1.29 is 23.8 Å². The van der Waals surface area contributed by atoms with Crippen molar-refractivity contribution in [3.8, 4) is 17.2 Å². The number of fused-ring (bicyclic) bond motifs is 1. The highest BCUT2D eigenvalue weighted by Crippen LogP contribution is 2.38. The summed E-state index contributed by atoms with van der Waals surface area (Å²) in [5, 5.41) is 2.89. The molecule has 3 rings (SSSR count). The molecule has 0 aliphatic carbocycles. The molecule has 1 heterocycles. The van der Waals surface area contributed by atoms with E-state index in [-0.39, 0.29) is 18.4 Å². The van der Waals surface area contributed by atoms with Gasteiger partial charge >= 0.3 is 0 Å². The van der Waals surface area contributed by atoms with E-state index in [4.69, 9.17) is 14.2 Å². The molecular weight excluding hydrogens is 360 g/mol. The Kier molecular flexibility index (Phi) is 6.03. The molecule has 0 aromatic heterocycles. The zero-order chi connectivity index (χ0) is 20.1. The first-order chi connectivity index (χ1) is 13.5. The highest BCUT2D eigenvalue weighted by Gasteiger charge is 2.24. The molecule has 28 heavy (non-hydrogen) atoms. The van der Waals surface area contributed by atoms with Crippen molar-refractivity contribution in [2.24, 2.45) is 0 Å². The van der Waals surface area contributed by atoms with E-state index in [9.17, 15) is 9.59 Å². The second kappa shape index (κ2) is 8.65. The second-order valence-corrected chi connectivity index (χ2v) is 6.49. The summed E-state index contributed by atoms with van der Waals surface area (Å²) >= 11 is 0. The molecule has 148 valence electrons. The SMILES string of the molecule is COc1ccc(CCCC(=O)Nc2cccc3c2OCC(=O)N3C)cc1OC. The lowest BCUT2D eigenvalue weighted by molar-refractivity contribution is -0.121. The third-order valence-electron chi connectivity index (χ3n) is 4.66. The number of carbonyl (C=O) groups is 2. The predicted octanol–water partition coefficient (Wildman–Crippen LogP) is 3.02. The summed E-state index contributed by atoms with van der Waals surface area (Å²) in [5.74, 6) is 1.67. The number of anilines is 2. The van der Waals surface area contributed by atoms with Gasteiger partial charge in [-0.3, -0.25) is 9.59 Å². The van der Waals surface area contributed by atoms with Crippen LogP contribution >= 0.6 is 0 Å². The average molecular weight is 384 g/mol. The Labute approximate surface area is 164 Å². The van der Waals surface area contributed by atoms with Gasteiger partial charge in [-0.15, -0.1) is 0 Å². The Hall–Kier alpha value is -3.22. The number of para-hydroxylation sites is 1. The Bertz CT molecular complexity index is 881. The molecule has 1 aliphatic rings. The van der Waals surface area contributed by atoms with Crippen LogP contribution in [0, 0.1) is 0 Å². The number of carbonyl (C=O) groups excluding carboxylic acids is 2. The van der Waals surface area contributed by atoms with Crippen LogP contribution in [0.4, 0.5) is 11.4 Å². The van der Waals surface area contributed by atoms with Gasteiger partial charge in [0.2, 0.25) is 5.91 Å². The van der Waals surface area contributed by atoms with Gasteiger partial charge in [0.1, 0.15) is 0 Å². The van der Waals surface area contributed by atoms with Crippen molar-refractivity contribution in [1.82, 2.24) is 0 Å². The molecule has 0 unspecified atom stereocenters. The monoisotopic (exact) mass is 384 g/mol. The van der Waals surface area contributed by atoms with Crippen LogP contribution in [0.15, 0.2) is 36.4 Å². The Morgan fingerprint density at radius 1 is 1.18 bits per heavy atom. The number of methoxy groups -OCH3 is 2. The molecule has 1 aliphatic heterocycles. The number of nitrogens with one attached hydrogen (secondary N) is 1. The summed E-state index contributed by atoms with van der Waals surface area (Å²) in [4.78, 5) is 25.6.